The number of ether oxygens (including phenoxy) is 1. The summed E-state index contributed by atoms with van der Waals surface area (Å²) in [5.41, 5.74) is 3.26. The summed E-state index contributed by atoms with van der Waals surface area (Å²) in [4.78, 5) is 10.8. The van der Waals surface area contributed by atoms with Crippen LogP contribution in [0.5, 0.6) is 5.75 Å². The van der Waals surface area contributed by atoms with E-state index in [0.717, 1.165) is 16.9 Å². The summed E-state index contributed by atoms with van der Waals surface area (Å²) in [6, 6.07) is 4.21. The smallest absolute Gasteiger partial charge is 0.298 e. The summed E-state index contributed by atoms with van der Waals surface area (Å²) < 4.78 is 5.30. The molecule has 100 valence electrons. The molecule has 2 nitrogen and oxygen atoms in total. The average molecular weight is 248 g/mol. The van der Waals surface area contributed by atoms with Crippen LogP contribution >= 0.6 is 0 Å². The van der Waals surface area contributed by atoms with E-state index >= 15 is 0 Å². The first-order valence-electron chi connectivity index (χ1n) is 6.33. The topological polar surface area (TPSA) is 26.3 Å². The molecule has 2 heteroatoms. The van der Waals surface area contributed by atoms with E-state index in [1.54, 1.807) is 0 Å². The van der Waals surface area contributed by atoms with Crippen molar-refractivity contribution in [2.24, 2.45) is 0 Å². The molecule has 0 saturated heterocycles. The van der Waals surface area contributed by atoms with Crippen LogP contribution in [0.4, 0.5) is 0 Å². The molecule has 0 unspecified atom stereocenters. The second-order valence-corrected chi connectivity index (χ2v) is 6.90. The highest BCUT2D eigenvalue weighted by Gasteiger charge is 2.27. The zero-order valence-electron chi connectivity index (χ0n) is 12.5. The molecule has 0 atom stereocenters. The molecule has 0 spiro atoms. The molecular weight excluding hydrogens is 224 g/mol. The molecule has 0 aliphatic rings. The van der Waals surface area contributed by atoms with E-state index in [4.69, 9.17) is 4.74 Å². The Hall–Kier alpha value is -1.31. The molecule has 0 radical (unpaired) electrons. The fourth-order valence-corrected chi connectivity index (χ4v) is 2.06. The van der Waals surface area contributed by atoms with Crippen LogP contribution in [0.2, 0.25) is 0 Å². The van der Waals surface area contributed by atoms with E-state index in [1.807, 2.05) is 0 Å². The number of hydrogen-bond donors (Lipinski definition) is 0. The summed E-state index contributed by atoms with van der Waals surface area (Å²) in [6.07, 6.45) is 0. The molecule has 1 aromatic carbocycles. The lowest BCUT2D eigenvalue weighted by Crippen LogP contribution is -2.19. The number of benzene rings is 1. The van der Waals surface area contributed by atoms with Crippen molar-refractivity contribution in [1.82, 2.24) is 0 Å². The van der Waals surface area contributed by atoms with Crippen molar-refractivity contribution in [3.63, 3.8) is 0 Å². The lowest BCUT2D eigenvalue weighted by atomic mass is 9.78. The molecule has 0 N–H and O–H groups in total. The fourth-order valence-electron chi connectivity index (χ4n) is 2.06. The van der Waals surface area contributed by atoms with Gasteiger partial charge < -0.3 is 4.74 Å². The van der Waals surface area contributed by atoms with Crippen LogP contribution in [-0.4, -0.2) is 6.47 Å². The third kappa shape index (κ3) is 3.12. The number of rotatable bonds is 2. The van der Waals surface area contributed by atoms with Crippen molar-refractivity contribution in [3.8, 4) is 5.75 Å². The molecule has 0 aliphatic heterocycles. The van der Waals surface area contributed by atoms with Crippen LogP contribution in [0.15, 0.2) is 12.1 Å². The van der Waals surface area contributed by atoms with Gasteiger partial charge in [0.05, 0.1) is 0 Å². The number of aryl methyl sites for hydroxylation is 1. The van der Waals surface area contributed by atoms with Crippen LogP contribution in [-0.2, 0) is 15.6 Å². The largest absolute Gasteiger partial charge is 0.428 e. The molecule has 0 heterocycles. The van der Waals surface area contributed by atoms with Gasteiger partial charge in [0.1, 0.15) is 5.75 Å². The van der Waals surface area contributed by atoms with Crippen LogP contribution in [0.25, 0.3) is 0 Å². The van der Waals surface area contributed by atoms with E-state index < -0.39 is 0 Å². The Bertz CT molecular complexity index is 410. The monoisotopic (exact) mass is 248 g/mol. The highest BCUT2D eigenvalue weighted by Crippen LogP contribution is 2.40. The summed E-state index contributed by atoms with van der Waals surface area (Å²) >= 11 is 0. The number of hydrogen-bond acceptors (Lipinski definition) is 2. The Morgan fingerprint density at radius 1 is 0.944 bits per heavy atom. The van der Waals surface area contributed by atoms with E-state index in [1.165, 1.54) is 5.56 Å². The van der Waals surface area contributed by atoms with Gasteiger partial charge in [0, 0.05) is 11.1 Å². The zero-order chi connectivity index (χ0) is 14.1. The van der Waals surface area contributed by atoms with Gasteiger partial charge in [-0.2, -0.15) is 0 Å². The van der Waals surface area contributed by atoms with Crippen LogP contribution in [0, 0.1) is 6.92 Å². The van der Waals surface area contributed by atoms with E-state index in [2.05, 4.69) is 60.6 Å². The molecule has 0 aliphatic carbocycles. The molecule has 0 aromatic heterocycles. The SMILES string of the molecule is Cc1cc(C(C)(C)C)c(OC=O)c(C(C)(C)C)c1. The molecule has 1 rings (SSSR count). The van der Waals surface area contributed by atoms with Crippen LogP contribution in [0.1, 0.15) is 58.2 Å². The van der Waals surface area contributed by atoms with Gasteiger partial charge in [0.15, 0.2) is 0 Å². The van der Waals surface area contributed by atoms with Gasteiger partial charge in [-0.1, -0.05) is 59.2 Å². The Morgan fingerprint density at radius 2 is 1.33 bits per heavy atom. The third-order valence-electron chi connectivity index (χ3n) is 3.02. The molecule has 0 fully saturated rings. The number of carbonyl (C=O) groups excluding carboxylic acids is 1. The minimum Gasteiger partial charge on any atom is -0.428 e. The Kier molecular flexibility index (Phi) is 3.89. The standard InChI is InChI=1S/C16H24O2/c1-11-8-12(15(2,3)4)14(18-10-17)13(9-11)16(5,6)7/h8-10H,1-7H3. The Labute approximate surface area is 110 Å². The predicted octanol–water partition coefficient (Wildman–Crippen LogP) is 4.13. The van der Waals surface area contributed by atoms with Crippen molar-refractivity contribution in [2.45, 2.75) is 59.3 Å². The minimum atomic E-state index is -0.0512. The quantitative estimate of drug-likeness (QED) is 0.736. The first-order valence-corrected chi connectivity index (χ1v) is 6.33. The third-order valence-corrected chi connectivity index (χ3v) is 3.02. The lowest BCUT2D eigenvalue weighted by Gasteiger charge is -2.29. The fraction of sp³-hybridized carbons (Fsp3) is 0.562. The Morgan fingerprint density at radius 3 is 1.61 bits per heavy atom. The highest BCUT2D eigenvalue weighted by atomic mass is 16.5. The zero-order valence-corrected chi connectivity index (χ0v) is 12.5. The van der Waals surface area contributed by atoms with E-state index in [-0.39, 0.29) is 10.8 Å². The van der Waals surface area contributed by atoms with Gasteiger partial charge in [-0.25, -0.2) is 0 Å². The van der Waals surface area contributed by atoms with E-state index in [0.29, 0.717) is 6.47 Å². The van der Waals surface area contributed by atoms with Gasteiger partial charge >= 0.3 is 0 Å². The maximum atomic E-state index is 10.8. The molecular formula is C16H24O2. The van der Waals surface area contributed by atoms with Crippen LogP contribution in [0.3, 0.4) is 0 Å². The minimum absolute atomic E-state index is 0.0512. The van der Waals surface area contributed by atoms with Crippen LogP contribution < -0.4 is 4.74 Å². The summed E-state index contributed by atoms with van der Waals surface area (Å²) in [5.74, 6) is 0.718. The first kappa shape index (κ1) is 14.7. The molecule has 0 amide bonds. The predicted molar refractivity (Wildman–Crippen MR) is 75.3 cm³/mol. The van der Waals surface area contributed by atoms with Crippen molar-refractivity contribution < 1.29 is 9.53 Å². The highest BCUT2D eigenvalue weighted by molar-refractivity contribution is 5.56. The summed E-state index contributed by atoms with van der Waals surface area (Å²) in [6.45, 7) is 15.4. The van der Waals surface area contributed by atoms with E-state index in [9.17, 15) is 4.79 Å². The first-order chi connectivity index (χ1) is 8.07. The summed E-state index contributed by atoms with van der Waals surface area (Å²) in [7, 11) is 0. The molecule has 18 heavy (non-hydrogen) atoms. The van der Waals surface area contributed by atoms with Crippen molar-refractivity contribution in [1.29, 1.82) is 0 Å². The van der Waals surface area contributed by atoms with Gasteiger partial charge in [-0.15, -0.1) is 0 Å². The van der Waals surface area contributed by atoms with Crippen molar-refractivity contribution in [3.05, 3.63) is 28.8 Å². The van der Waals surface area contributed by atoms with Gasteiger partial charge in [0.25, 0.3) is 6.47 Å². The maximum absolute atomic E-state index is 10.8. The maximum Gasteiger partial charge on any atom is 0.298 e. The molecule has 1 aromatic rings. The van der Waals surface area contributed by atoms with Gasteiger partial charge in [0.2, 0.25) is 0 Å². The van der Waals surface area contributed by atoms with Gasteiger partial charge in [-0.3, -0.25) is 4.79 Å². The van der Waals surface area contributed by atoms with Crippen molar-refractivity contribution in [2.75, 3.05) is 0 Å². The lowest BCUT2D eigenvalue weighted by molar-refractivity contribution is -0.120. The van der Waals surface area contributed by atoms with Crippen molar-refractivity contribution >= 4 is 6.47 Å². The molecule has 0 bridgehead atoms. The number of carbonyl (C=O) groups is 1. The normalized spacial score (nSPS) is 12.4. The summed E-state index contributed by atoms with van der Waals surface area (Å²) in [5, 5.41) is 0. The second-order valence-electron chi connectivity index (χ2n) is 6.90. The second kappa shape index (κ2) is 4.75. The average Bonchev–Trinajstić information content (AvgIpc) is 2.17. The Balaban J connectivity index is 3.61. The van der Waals surface area contributed by atoms with Gasteiger partial charge in [-0.05, 0) is 17.8 Å². The molecule has 0 saturated carbocycles.